The summed E-state index contributed by atoms with van der Waals surface area (Å²) in [6, 6.07) is 13.8. The molecule has 2 rings (SSSR count). The molecule has 0 saturated heterocycles. The van der Waals surface area contributed by atoms with E-state index in [9.17, 15) is 0 Å². The van der Waals surface area contributed by atoms with Gasteiger partial charge in [0.05, 0.1) is 0 Å². The molecule has 1 unspecified atom stereocenters. The SMILES string of the molecule is CC(c1cccc(Cl)c1)N(C)Cc1ccc(Cl)cc1N. The average molecular weight is 309 g/mol. The molecule has 1 atom stereocenters. The Morgan fingerprint density at radius 1 is 1.10 bits per heavy atom. The van der Waals surface area contributed by atoms with Gasteiger partial charge in [-0.3, -0.25) is 4.90 Å². The van der Waals surface area contributed by atoms with Crippen molar-refractivity contribution in [3.63, 3.8) is 0 Å². The van der Waals surface area contributed by atoms with Crippen molar-refractivity contribution in [3.8, 4) is 0 Å². The molecule has 0 radical (unpaired) electrons. The Hall–Kier alpha value is -1.22. The molecule has 20 heavy (non-hydrogen) atoms. The van der Waals surface area contributed by atoms with Gasteiger partial charge in [0.25, 0.3) is 0 Å². The second-order valence-corrected chi connectivity index (χ2v) is 5.86. The van der Waals surface area contributed by atoms with Crippen LogP contribution in [0, 0.1) is 0 Å². The number of nitrogens with two attached hydrogens (primary N) is 1. The summed E-state index contributed by atoms with van der Waals surface area (Å²) in [5.74, 6) is 0. The molecule has 0 saturated carbocycles. The van der Waals surface area contributed by atoms with Gasteiger partial charge < -0.3 is 5.73 Å². The summed E-state index contributed by atoms with van der Waals surface area (Å²) in [6.45, 7) is 2.91. The third-order valence-corrected chi connectivity index (χ3v) is 3.99. The first-order valence-electron chi connectivity index (χ1n) is 6.47. The summed E-state index contributed by atoms with van der Waals surface area (Å²) >= 11 is 12.0. The summed E-state index contributed by atoms with van der Waals surface area (Å²) in [4.78, 5) is 2.23. The van der Waals surface area contributed by atoms with Crippen molar-refractivity contribution in [3.05, 3.63) is 63.6 Å². The smallest absolute Gasteiger partial charge is 0.0426 e. The van der Waals surface area contributed by atoms with Gasteiger partial charge in [-0.2, -0.15) is 0 Å². The maximum absolute atomic E-state index is 6.04. The normalized spacial score (nSPS) is 12.7. The summed E-state index contributed by atoms with van der Waals surface area (Å²) in [7, 11) is 2.07. The molecular weight excluding hydrogens is 291 g/mol. The van der Waals surface area contributed by atoms with Gasteiger partial charge in [0.1, 0.15) is 0 Å². The molecular formula is C16H18Cl2N2. The van der Waals surface area contributed by atoms with E-state index in [0.717, 1.165) is 22.8 Å². The van der Waals surface area contributed by atoms with Gasteiger partial charge >= 0.3 is 0 Å². The van der Waals surface area contributed by atoms with Crippen LogP contribution in [-0.2, 0) is 6.54 Å². The van der Waals surface area contributed by atoms with Gasteiger partial charge in [0, 0.05) is 28.3 Å². The number of hydrogen-bond acceptors (Lipinski definition) is 2. The lowest BCUT2D eigenvalue weighted by molar-refractivity contribution is 0.253. The highest BCUT2D eigenvalue weighted by molar-refractivity contribution is 6.31. The van der Waals surface area contributed by atoms with E-state index in [-0.39, 0.29) is 6.04 Å². The fraction of sp³-hybridized carbons (Fsp3) is 0.250. The Morgan fingerprint density at radius 3 is 2.45 bits per heavy atom. The first-order valence-corrected chi connectivity index (χ1v) is 7.22. The minimum absolute atomic E-state index is 0.253. The van der Waals surface area contributed by atoms with E-state index in [4.69, 9.17) is 28.9 Å². The second-order valence-electron chi connectivity index (χ2n) is 4.99. The minimum Gasteiger partial charge on any atom is -0.398 e. The molecule has 0 bridgehead atoms. The fourth-order valence-corrected chi connectivity index (χ4v) is 2.52. The van der Waals surface area contributed by atoms with Crippen molar-refractivity contribution >= 4 is 28.9 Å². The van der Waals surface area contributed by atoms with Crippen LogP contribution in [0.25, 0.3) is 0 Å². The van der Waals surface area contributed by atoms with Crippen molar-refractivity contribution in [2.75, 3.05) is 12.8 Å². The molecule has 2 aromatic rings. The lowest BCUT2D eigenvalue weighted by atomic mass is 10.1. The van der Waals surface area contributed by atoms with E-state index in [2.05, 4.69) is 24.9 Å². The molecule has 0 aromatic heterocycles. The average Bonchev–Trinajstić information content (AvgIpc) is 2.41. The summed E-state index contributed by atoms with van der Waals surface area (Å²) in [5.41, 5.74) is 8.99. The van der Waals surface area contributed by atoms with Gasteiger partial charge in [-0.25, -0.2) is 0 Å². The fourth-order valence-electron chi connectivity index (χ4n) is 2.14. The Morgan fingerprint density at radius 2 is 1.80 bits per heavy atom. The van der Waals surface area contributed by atoms with E-state index in [0.29, 0.717) is 5.02 Å². The first kappa shape index (κ1) is 15.2. The van der Waals surface area contributed by atoms with Gasteiger partial charge in [0.2, 0.25) is 0 Å². The van der Waals surface area contributed by atoms with Crippen LogP contribution in [0.5, 0.6) is 0 Å². The van der Waals surface area contributed by atoms with Crippen LogP contribution >= 0.6 is 23.2 Å². The third kappa shape index (κ3) is 3.66. The lowest BCUT2D eigenvalue weighted by Gasteiger charge is -2.26. The Balaban J connectivity index is 2.13. The first-order chi connectivity index (χ1) is 9.47. The second kappa shape index (κ2) is 6.49. The Kier molecular flexibility index (Phi) is 4.92. The van der Waals surface area contributed by atoms with E-state index in [1.165, 1.54) is 5.56 Å². The van der Waals surface area contributed by atoms with E-state index in [1.807, 2.05) is 30.3 Å². The van der Waals surface area contributed by atoms with Crippen molar-refractivity contribution in [1.82, 2.24) is 4.90 Å². The number of rotatable bonds is 4. The van der Waals surface area contributed by atoms with Gasteiger partial charge in [-0.05, 0) is 49.4 Å². The third-order valence-electron chi connectivity index (χ3n) is 3.52. The zero-order valence-corrected chi connectivity index (χ0v) is 13.1. The van der Waals surface area contributed by atoms with Gasteiger partial charge in [-0.1, -0.05) is 41.4 Å². The van der Waals surface area contributed by atoms with E-state index >= 15 is 0 Å². The van der Waals surface area contributed by atoms with Gasteiger partial charge in [0.15, 0.2) is 0 Å². The largest absolute Gasteiger partial charge is 0.398 e. The van der Waals surface area contributed by atoms with Gasteiger partial charge in [-0.15, -0.1) is 0 Å². The molecule has 0 aliphatic rings. The molecule has 0 aliphatic heterocycles. The molecule has 0 spiro atoms. The maximum atomic E-state index is 6.04. The highest BCUT2D eigenvalue weighted by Crippen LogP contribution is 2.25. The van der Waals surface area contributed by atoms with Crippen LogP contribution in [-0.4, -0.2) is 11.9 Å². The topological polar surface area (TPSA) is 29.3 Å². The molecule has 0 heterocycles. The quantitative estimate of drug-likeness (QED) is 0.824. The molecule has 2 nitrogen and oxygen atoms in total. The van der Waals surface area contributed by atoms with Crippen LogP contribution < -0.4 is 5.73 Å². The van der Waals surface area contributed by atoms with Crippen LogP contribution in [0.2, 0.25) is 10.0 Å². The molecule has 4 heteroatoms. The lowest BCUT2D eigenvalue weighted by Crippen LogP contribution is -2.22. The predicted octanol–water partition coefficient (Wildman–Crippen LogP) is 4.77. The Labute approximate surface area is 130 Å². The number of nitrogens with zero attached hydrogens (tertiary/aromatic N) is 1. The van der Waals surface area contributed by atoms with Crippen molar-refractivity contribution in [2.45, 2.75) is 19.5 Å². The number of hydrogen-bond donors (Lipinski definition) is 1. The standard InChI is InChI=1S/C16H18Cl2N2/c1-11(12-4-3-5-14(17)8-12)20(2)10-13-6-7-15(18)9-16(13)19/h3-9,11H,10,19H2,1-2H3. The van der Waals surface area contributed by atoms with E-state index in [1.54, 1.807) is 6.07 Å². The van der Waals surface area contributed by atoms with Crippen molar-refractivity contribution in [2.24, 2.45) is 0 Å². The zero-order valence-electron chi connectivity index (χ0n) is 11.6. The highest BCUT2D eigenvalue weighted by Gasteiger charge is 2.13. The minimum atomic E-state index is 0.253. The van der Waals surface area contributed by atoms with Crippen LogP contribution in [0.3, 0.4) is 0 Å². The van der Waals surface area contributed by atoms with E-state index < -0.39 is 0 Å². The zero-order chi connectivity index (χ0) is 14.7. The van der Waals surface area contributed by atoms with Crippen molar-refractivity contribution in [1.29, 1.82) is 0 Å². The van der Waals surface area contributed by atoms with Crippen molar-refractivity contribution < 1.29 is 0 Å². The Bertz CT molecular complexity index is 599. The number of halogens is 2. The molecule has 0 amide bonds. The molecule has 2 N–H and O–H groups in total. The van der Waals surface area contributed by atoms with Crippen LogP contribution in [0.15, 0.2) is 42.5 Å². The van der Waals surface area contributed by atoms with Crippen LogP contribution in [0.1, 0.15) is 24.1 Å². The maximum Gasteiger partial charge on any atom is 0.0426 e. The molecule has 0 fully saturated rings. The number of anilines is 1. The number of benzene rings is 2. The predicted molar refractivity (Wildman–Crippen MR) is 87.2 cm³/mol. The summed E-state index contributed by atoms with van der Waals surface area (Å²) in [5, 5.41) is 1.42. The summed E-state index contributed by atoms with van der Waals surface area (Å²) < 4.78 is 0. The van der Waals surface area contributed by atoms with Crippen LogP contribution in [0.4, 0.5) is 5.69 Å². The molecule has 2 aromatic carbocycles. The molecule has 106 valence electrons. The number of nitrogen functional groups attached to an aromatic ring is 1. The summed E-state index contributed by atoms with van der Waals surface area (Å²) in [6.07, 6.45) is 0. The monoisotopic (exact) mass is 308 g/mol. The molecule has 0 aliphatic carbocycles. The highest BCUT2D eigenvalue weighted by atomic mass is 35.5.